The Morgan fingerprint density at radius 1 is 0.636 bits per heavy atom. The molecule has 0 aromatic carbocycles. The average molecular weight is 528 g/mol. The third-order valence-electron chi connectivity index (χ3n) is 2.17. The maximum atomic E-state index is 10.6. The van der Waals surface area contributed by atoms with Gasteiger partial charge in [0.05, 0.1) is 26.2 Å². The van der Waals surface area contributed by atoms with Crippen LogP contribution in [-0.2, 0) is 19.2 Å². The Kier molecular flexibility index (Phi) is 17.3. The summed E-state index contributed by atoms with van der Waals surface area (Å²) in [4.78, 5) is 44.4. The van der Waals surface area contributed by atoms with Crippen LogP contribution >= 0.6 is 0 Å². The van der Waals surface area contributed by atoms with E-state index in [0.717, 1.165) is 9.80 Å². The van der Waals surface area contributed by atoms with Crippen molar-refractivity contribution in [3.05, 3.63) is 0 Å². The zero-order chi connectivity index (χ0) is 15.7. The van der Waals surface area contributed by atoms with Crippen molar-refractivity contribution in [3.8, 4) is 0 Å². The van der Waals surface area contributed by atoms with E-state index >= 15 is 0 Å². The van der Waals surface area contributed by atoms with Crippen molar-refractivity contribution in [1.82, 2.24) is 9.80 Å². The first-order valence-corrected chi connectivity index (χ1v) is 5.52. The van der Waals surface area contributed by atoms with Crippen molar-refractivity contribution in [2.75, 3.05) is 39.3 Å². The van der Waals surface area contributed by atoms with E-state index in [-0.39, 0.29) is 70.3 Å². The minimum Gasteiger partial charge on any atom is -1.00 e. The molecule has 0 bridgehead atoms. The quantitative estimate of drug-likeness (QED) is 0.191. The molecule has 0 amide bonds. The number of carbonyl (C=O) groups is 4. The van der Waals surface area contributed by atoms with E-state index < -0.39 is 50.1 Å². The van der Waals surface area contributed by atoms with E-state index in [0.29, 0.717) is 0 Å². The van der Waals surface area contributed by atoms with E-state index in [1.165, 1.54) is 0 Å². The number of rotatable bonds is 11. The Labute approximate surface area is 169 Å². The molecule has 0 aliphatic heterocycles. The Morgan fingerprint density at radius 3 is 0.955 bits per heavy atom. The van der Waals surface area contributed by atoms with Crippen LogP contribution in [0.1, 0.15) is 1.43 Å². The van der Waals surface area contributed by atoms with Gasteiger partial charge in [0.25, 0.3) is 0 Å². The molecule has 0 fully saturated rings. The summed E-state index contributed by atoms with van der Waals surface area (Å²) >= 11 is 0. The number of hydrogen-bond donors (Lipinski definition) is 4. The van der Waals surface area contributed by atoms with Gasteiger partial charge in [0.2, 0.25) is 0 Å². The molecule has 0 aromatic heterocycles. The average Bonchev–Trinajstić information content (AvgIpc) is 2.22. The van der Waals surface area contributed by atoms with Gasteiger partial charge in [-0.3, -0.25) is 29.0 Å². The summed E-state index contributed by atoms with van der Waals surface area (Å²) in [7, 11) is 0. The van der Waals surface area contributed by atoms with Gasteiger partial charge in [-0.05, 0) is 0 Å². The molecule has 22 heavy (non-hydrogen) atoms. The van der Waals surface area contributed by atoms with E-state index in [1.54, 1.807) is 0 Å². The summed E-state index contributed by atoms with van der Waals surface area (Å²) < 4.78 is 0. The maximum Gasteiger partial charge on any atom is 1.00 e. The van der Waals surface area contributed by atoms with E-state index in [1.807, 2.05) is 0 Å². The van der Waals surface area contributed by atoms with Crippen molar-refractivity contribution < 1.29 is 70.6 Å². The molecule has 10 nitrogen and oxygen atoms in total. The van der Waals surface area contributed by atoms with Gasteiger partial charge in [-0.15, -0.1) is 0 Å². The van der Waals surface area contributed by atoms with Crippen molar-refractivity contribution in [3.63, 3.8) is 0 Å². The Balaban J connectivity index is -0.000000602. The largest absolute Gasteiger partial charge is 1.00 e. The molecule has 0 heterocycles. The molecule has 0 atom stereocenters. The summed E-state index contributed by atoms with van der Waals surface area (Å²) in [6.07, 6.45) is 0. The van der Waals surface area contributed by atoms with Gasteiger partial charge in [-0.25, -0.2) is 0 Å². The van der Waals surface area contributed by atoms with Crippen molar-refractivity contribution in [2.45, 2.75) is 0 Å². The smallest absolute Gasteiger partial charge is 1.00 e. The summed E-state index contributed by atoms with van der Waals surface area (Å²) in [5.74, 6) is -4.91. The minimum atomic E-state index is -1.23. The molecule has 0 radical (unpaired) electrons. The van der Waals surface area contributed by atoms with Crippen LogP contribution in [0.25, 0.3) is 0 Å². The molecule has 0 aliphatic carbocycles. The van der Waals surface area contributed by atoms with E-state index in [9.17, 15) is 19.2 Å². The van der Waals surface area contributed by atoms with Gasteiger partial charge in [-0.1, -0.05) is 0 Å². The van der Waals surface area contributed by atoms with Crippen LogP contribution in [-0.4, -0.2) is 120 Å². The molecule has 12 heteroatoms. The summed E-state index contributed by atoms with van der Waals surface area (Å²) in [5, 5.41) is 34.5. The number of aliphatic carboxylic acids is 4. The third kappa shape index (κ3) is 16.1. The van der Waals surface area contributed by atoms with Gasteiger partial charge in [0.15, 0.2) is 0 Å². The fourth-order valence-corrected chi connectivity index (χ4v) is 1.48. The van der Waals surface area contributed by atoms with Crippen LogP contribution in [0.15, 0.2) is 0 Å². The summed E-state index contributed by atoms with van der Waals surface area (Å²) in [6.45, 7) is -2.25. The van der Waals surface area contributed by atoms with Gasteiger partial charge < -0.3 is 21.9 Å². The van der Waals surface area contributed by atoms with Crippen molar-refractivity contribution >= 4 is 50.1 Å². The zero-order valence-electron chi connectivity index (χ0n) is 13.3. The topological polar surface area (TPSA) is 156 Å². The van der Waals surface area contributed by atoms with Crippen LogP contribution < -0.4 is 29.6 Å². The molecule has 0 spiro atoms. The van der Waals surface area contributed by atoms with Crippen LogP contribution in [0.5, 0.6) is 0 Å². The number of carboxylic acids is 4. The Bertz CT molecular complexity index is 333. The minimum absolute atomic E-state index is 0. The normalized spacial score (nSPS) is 9.73. The molecule has 0 rings (SSSR count). The van der Waals surface area contributed by atoms with Gasteiger partial charge >= 0.3 is 79.6 Å². The van der Waals surface area contributed by atoms with Crippen LogP contribution in [0.3, 0.4) is 0 Å². The van der Waals surface area contributed by atoms with Crippen molar-refractivity contribution in [1.29, 1.82) is 0 Å². The van der Waals surface area contributed by atoms with Gasteiger partial charge in [0.1, 0.15) is 0 Å². The second-order valence-corrected chi connectivity index (χ2v) is 4.00. The first-order chi connectivity index (χ1) is 9.20. The zero-order valence-corrected chi connectivity index (χ0v) is 19.8. The van der Waals surface area contributed by atoms with Crippen molar-refractivity contribution in [2.24, 2.45) is 0 Å². The molecule has 4 N–H and O–H groups in total. The summed E-state index contributed by atoms with van der Waals surface area (Å²) in [6, 6.07) is 0. The number of nitrogens with zero attached hydrogens (tertiary/aromatic N) is 2. The third-order valence-corrected chi connectivity index (χ3v) is 2.17. The van der Waals surface area contributed by atoms with Gasteiger partial charge in [0, 0.05) is 13.1 Å². The van der Waals surface area contributed by atoms with Crippen LogP contribution in [0, 0.1) is 0 Å². The fourth-order valence-electron chi connectivity index (χ4n) is 1.48. The molecule has 0 unspecified atom stereocenters. The molecular formula is C10H20BiN2NaO8. The Morgan fingerprint density at radius 2 is 0.818 bits per heavy atom. The van der Waals surface area contributed by atoms with Crippen LogP contribution in [0.4, 0.5) is 0 Å². The molecule has 124 valence electrons. The van der Waals surface area contributed by atoms with E-state index in [2.05, 4.69) is 0 Å². The summed E-state index contributed by atoms with van der Waals surface area (Å²) in [5.41, 5.74) is 0. The van der Waals surface area contributed by atoms with Gasteiger partial charge in [-0.2, -0.15) is 0 Å². The maximum absolute atomic E-state index is 10.6. The molecule has 0 aromatic rings. The fraction of sp³-hybridized carbons (Fsp3) is 0.600. The van der Waals surface area contributed by atoms with E-state index in [4.69, 9.17) is 20.4 Å². The first-order valence-electron chi connectivity index (χ1n) is 5.52. The number of carboxylic acid groups (broad SMARTS) is 4. The second-order valence-electron chi connectivity index (χ2n) is 4.00. The first kappa shape index (κ1) is 26.6. The molecule has 0 aliphatic rings. The standard InChI is InChI=1S/C10H16N2O8.Bi.Na.4H/c13-7(14)3-11(4-8(15)16)1-2-12(5-9(17)18)6-10(19)20;;;;;;/h1-6H2,(H,13,14)(H,15,16)(H,17,18)(H,19,20);;;;;;/q;;+1;;;;-1. The second kappa shape index (κ2) is 14.3. The molecular weight excluding hydrogens is 508 g/mol. The number of hydrogen-bond acceptors (Lipinski definition) is 6. The predicted octanol–water partition coefficient (Wildman–Crippen LogP) is -6.14. The Hall–Kier alpha value is -0.317. The monoisotopic (exact) mass is 528 g/mol. The predicted molar refractivity (Wildman–Crippen MR) is 74.5 cm³/mol. The molecule has 0 saturated heterocycles. The van der Waals surface area contributed by atoms with Crippen LogP contribution in [0.2, 0.25) is 0 Å². The SMILES string of the molecule is O=C(O)CN(CCN(CC(=O)O)CC(=O)O)CC(=O)O.[BiH3].[H-].[Na+]. The molecule has 0 saturated carbocycles.